The van der Waals surface area contributed by atoms with Crippen LogP contribution in [0.1, 0.15) is 19.3 Å². The number of carbonyl (C=O) groups is 1. The first-order chi connectivity index (χ1) is 11.6. The van der Waals surface area contributed by atoms with Crippen LogP contribution in [-0.4, -0.2) is 62.6 Å². The maximum absolute atomic E-state index is 11.8. The number of nitrogens with zero attached hydrogens (tertiary/aromatic N) is 3. The van der Waals surface area contributed by atoms with E-state index in [9.17, 15) is 4.79 Å². The number of carbonyl (C=O) groups excluding carboxylic acids is 1. The molecule has 1 aromatic rings. The molecule has 0 radical (unpaired) electrons. The first kappa shape index (κ1) is 16.6. The van der Waals surface area contributed by atoms with E-state index in [0.717, 1.165) is 25.5 Å². The second kappa shape index (κ2) is 7.55. The minimum atomic E-state index is 0.0178. The maximum atomic E-state index is 11.8. The Kier molecular flexibility index (Phi) is 5.23. The van der Waals surface area contributed by atoms with Crippen LogP contribution in [0.5, 0.6) is 0 Å². The minimum absolute atomic E-state index is 0.0178. The van der Waals surface area contributed by atoms with Crippen molar-refractivity contribution in [2.45, 2.75) is 31.3 Å². The van der Waals surface area contributed by atoms with E-state index >= 15 is 0 Å². The summed E-state index contributed by atoms with van der Waals surface area (Å²) in [7, 11) is 3.52. The molecule has 1 saturated heterocycles. The first-order valence-corrected chi connectivity index (χ1v) is 8.69. The van der Waals surface area contributed by atoms with E-state index in [1.54, 1.807) is 19.0 Å². The van der Waals surface area contributed by atoms with Gasteiger partial charge in [-0.3, -0.25) is 4.79 Å². The molecule has 1 saturated carbocycles. The van der Waals surface area contributed by atoms with Gasteiger partial charge in [-0.1, -0.05) is 18.2 Å². The SMILES string of the molecule is CN(C)C(=O)CN=C(NC1CC1)NC1CCN(c2ccccc2)C1. The van der Waals surface area contributed by atoms with Crippen molar-refractivity contribution < 1.29 is 4.79 Å². The molecule has 6 nitrogen and oxygen atoms in total. The van der Waals surface area contributed by atoms with Gasteiger partial charge in [-0.25, -0.2) is 4.99 Å². The van der Waals surface area contributed by atoms with Crippen molar-refractivity contribution in [1.82, 2.24) is 15.5 Å². The van der Waals surface area contributed by atoms with Crippen LogP contribution in [0.2, 0.25) is 0 Å². The Morgan fingerprint density at radius 3 is 2.54 bits per heavy atom. The van der Waals surface area contributed by atoms with Crippen molar-refractivity contribution in [3.8, 4) is 0 Å². The van der Waals surface area contributed by atoms with E-state index in [2.05, 4.69) is 44.8 Å². The molecule has 0 spiro atoms. The van der Waals surface area contributed by atoms with Crippen molar-refractivity contribution in [2.24, 2.45) is 4.99 Å². The molecule has 24 heavy (non-hydrogen) atoms. The third kappa shape index (κ3) is 4.63. The maximum Gasteiger partial charge on any atom is 0.243 e. The van der Waals surface area contributed by atoms with E-state index in [0.29, 0.717) is 12.1 Å². The summed E-state index contributed by atoms with van der Waals surface area (Å²) in [5.41, 5.74) is 1.26. The predicted octanol–water partition coefficient (Wildman–Crippen LogP) is 1.05. The average molecular weight is 329 g/mol. The Labute approximate surface area is 143 Å². The number of amides is 1. The fraction of sp³-hybridized carbons (Fsp3) is 0.556. The van der Waals surface area contributed by atoms with Gasteiger partial charge in [0.1, 0.15) is 6.54 Å². The monoisotopic (exact) mass is 329 g/mol. The lowest BCUT2D eigenvalue weighted by Gasteiger charge is -2.20. The molecule has 1 atom stereocenters. The zero-order chi connectivity index (χ0) is 16.9. The van der Waals surface area contributed by atoms with Crippen molar-refractivity contribution in [1.29, 1.82) is 0 Å². The number of nitrogens with one attached hydrogen (secondary N) is 2. The summed E-state index contributed by atoms with van der Waals surface area (Å²) in [4.78, 5) is 20.2. The first-order valence-electron chi connectivity index (χ1n) is 8.69. The highest BCUT2D eigenvalue weighted by molar-refractivity contribution is 5.85. The van der Waals surface area contributed by atoms with Crippen LogP contribution in [0.4, 0.5) is 5.69 Å². The lowest BCUT2D eigenvalue weighted by atomic mass is 10.3. The van der Waals surface area contributed by atoms with Gasteiger partial charge < -0.3 is 20.4 Å². The van der Waals surface area contributed by atoms with E-state index in [1.165, 1.54) is 18.5 Å². The fourth-order valence-electron chi connectivity index (χ4n) is 2.79. The number of anilines is 1. The Morgan fingerprint density at radius 1 is 1.17 bits per heavy atom. The van der Waals surface area contributed by atoms with Gasteiger partial charge in [-0.05, 0) is 31.4 Å². The fourth-order valence-corrected chi connectivity index (χ4v) is 2.79. The Hall–Kier alpha value is -2.24. The van der Waals surface area contributed by atoms with Crippen LogP contribution in [0.15, 0.2) is 35.3 Å². The van der Waals surface area contributed by atoms with Crippen molar-refractivity contribution in [3.63, 3.8) is 0 Å². The Balaban J connectivity index is 1.56. The van der Waals surface area contributed by atoms with Gasteiger partial charge in [0.15, 0.2) is 5.96 Å². The second-order valence-corrected chi connectivity index (χ2v) is 6.78. The molecule has 3 rings (SSSR count). The molecule has 1 amide bonds. The van der Waals surface area contributed by atoms with E-state index in [1.807, 2.05) is 6.07 Å². The third-order valence-electron chi connectivity index (χ3n) is 4.44. The Bertz CT molecular complexity index is 582. The molecule has 1 aromatic carbocycles. The molecule has 2 N–H and O–H groups in total. The highest BCUT2D eigenvalue weighted by atomic mass is 16.2. The molecule has 1 unspecified atom stereocenters. The summed E-state index contributed by atoms with van der Waals surface area (Å²) in [6, 6.07) is 11.4. The molecule has 0 bridgehead atoms. The number of hydrogen-bond donors (Lipinski definition) is 2. The number of para-hydroxylation sites is 1. The van der Waals surface area contributed by atoms with Crippen LogP contribution in [0.25, 0.3) is 0 Å². The molecular formula is C18H27N5O. The summed E-state index contributed by atoms with van der Waals surface area (Å²) in [6.07, 6.45) is 3.44. The normalized spacial score (nSPS) is 20.8. The van der Waals surface area contributed by atoms with Gasteiger partial charge in [0.25, 0.3) is 0 Å². The smallest absolute Gasteiger partial charge is 0.243 e. The zero-order valence-corrected chi connectivity index (χ0v) is 14.5. The standard InChI is InChI=1S/C18H27N5O/c1-22(2)17(24)12-19-18(20-14-8-9-14)21-15-10-11-23(13-15)16-6-4-3-5-7-16/h3-7,14-15H,8-13H2,1-2H3,(H2,19,20,21). The van der Waals surface area contributed by atoms with Gasteiger partial charge in [0.05, 0.1) is 0 Å². The number of likely N-dealkylation sites (N-methyl/N-ethyl adjacent to an activating group) is 1. The highest BCUT2D eigenvalue weighted by Crippen LogP contribution is 2.21. The van der Waals surface area contributed by atoms with Crippen molar-refractivity contribution in [2.75, 3.05) is 38.6 Å². The lowest BCUT2D eigenvalue weighted by Crippen LogP contribution is -2.46. The third-order valence-corrected chi connectivity index (χ3v) is 4.44. The highest BCUT2D eigenvalue weighted by Gasteiger charge is 2.26. The van der Waals surface area contributed by atoms with Crippen molar-refractivity contribution in [3.05, 3.63) is 30.3 Å². The van der Waals surface area contributed by atoms with E-state index in [4.69, 9.17) is 0 Å². The molecule has 2 aliphatic rings. The van der Waals surface area contributed by atoms with Crippen LogP contribution in [0.3, 0.4) is 0 Å². The Morgan fingerprint density at radius 2 is 1.88 bits per heavy atom. The van der Waals surface area contributed by atoms with Gasteiger partial charge in [-0.15, -0.1) is 0 Å². The topological polar surface area (TPSA) is 60.0 Å². The van der Waals surface area contributed by atoms with Gasteiger partial charge in [-0.2, -0.15) is 0 Å². The van der Waals surface area contributed by atoms with E-state index < -0.39 is 0 Å². The van der Waals surface area contributed by atoms with Crippen LogP contribution >= 0.6 is 0 Å². The summed E-state index contributed by atoms with van der Waals surface area (Å²) < 4.78 is 0. The largest absolute Gasteiger partial charge is 0.369 e. The van der Waals surface area contributed by atoms with Crippen LogP contribution in [-0.2, 0) is 4.79 Å². The van der Waals surface area contributed by atoms with Gasteiger partial charge >= 0.3 is 0 Å². The molecule has 1 heterocycles. The molecule has 1 aliphatic carbocycles. The average Bonchev–Trinajstić information content (AvgIpc) is 3.28. The molecule has 6 heteroatoms. The quantitative estimate of drug-likeness (QED) is 0.626. The molecule has 2 fully saturated rings. The summed E-state index contributed by atoms with van der Waals surface area (Å²) in [6.45, 7) is 2.18. The number of aliphatic imine (C=N–C) groups is 1. The van der Waals surface area contributed by atoms with Crippen molar-refractivity contribution >= 4 is 17.6 Å². The van der Waals surface area contributed by atoms with Gasteiger partial charge in [0, 0.05) is 45.0 Å². The van der Waals surface area contributed by atoms with E-state index in [-0.39, 0.29) is 12.5 Å². The van der Waals surface area contributed by atoms with Crippen LogP contribution in [0, 0.1) is 0 Å². The minimum Gasteiger partial charge on any atom is -0.369 e. The summed E-state index contributed by atoms with van der Waals surface area (Å²) in [5, 5.41) is 6.92. The predicted molar refractivity (Wildman–Crippen MR) is 97.3 cm³/mol. The molecule has 1 aliphatic heterocycles. The number of hydrogen-bond acceptors (Lipinski definition) is 3. The van der Waals surface area contributed by atoms with Crippen LogP contribution < -0.4 is 15.5 Å². The van der Waals surface area contributed by atoms with Gasteiger partial charge in [0.2, 0.25) is 5.91 Å². The molecule has 130 valence electrons. The number of rotatable bonds is 5. The summed E-state index contributed by atoms with van der Waals surface area (Å²) in [5.74, 6) is 0.789. The molecule has 0 aromatic heterocycles. The number of benzene rings is 1. The zero-order valence-electron chi connectivity index (χ0n) is 14.5. The lowest BCUT2D eigenvalue weighted by molar-refractivity contribution is -0.127. The number of guanidine groups is 1. The molecular weight excluding hydrogens is 302 g/mol. The second-order valence-electron chi connectivity index (χ2n) is 6.78. The summed E-state index contributed by atoms with van der Waals surface area (Å²) >= 11 is 0.